The van der Waals surface area contributed by atoms with Crippen molar-refractivity contribution in [1.29, 1.82) is 0 Å². The Morgan fingerprint density at radius 3 is 2.31 bits per heavy atom. The zero-order chi connectivity index (χ0) is 24.6. The summed E-state index contributed by atoms with van der Waals surface area (Å²) in [5.74, 6) is 1.81. The summed E-state index contributed by atoms with van der Waals surface area (Å²) in [5.41, 5.74) is 5.93. The Hall–Kier alpha value is -4.11. The normalized spacial score (nSPS) is 11.2. The molecule has 0 saturated heterocycles. The SMILES string of the molecule is COc1ccc(/C(C)=N\NC(=O)CSc2nnc(-c3ccccc3)n2-c2ccccc2)cc1OC. The summed E-state index contributed by atoms with van der Waals surface area (Å²) in [4.78, 5) is 12.6. The number of para-hydroxylation sites is 1. The third-order valence-corrected chi connectivity index (χ3v) is 6.09. The first kappa shape index (κ1) is 24.0. The Bertz CT molecular complexity index is 1320. The van der Waals surface area contributed by atoms with Crippen molar-refractivity contribution < 1.29 is 14.3 Å². The van der Waals surface area contributed by atoms with E-state index in [0.29, 0.717) is 28.2 Å². The Kier molecular flexibility index (Phi) is 7.79. The summed E-state index contributed by atoms with van der Waals surface area (Å²) < 4.78 is 12.6. The number of thioether (sulfide) groups is 1. The molecule has 0 aliphatic rings. The van der Waals surface area contributed by atoms with Gasteiger partial charge in [-0.05, 0) is 37.3 Å². The number of methoxy groups -OCH3 is 2. The average Bonchev–Trinajstić information content (AvgIpc) is 3.35. The fourth-order valence-electron chi connectivity index (χ4n) is 3.38. The minimum absolute atomic E-state index is 0.127. The number of carbonyl (C=O) groups excluding carboxylic acids is 1. The fourth-order valence-corrected chi connectivity index (χ4v) is 4.13. The molecule has 0 spiro atoms. The Balaban J connectivity index is 1.48. The molecule has 4 aromatic rings. The molecule has 4 rings (SSSR count). The highest BCUT2D eigenvalue weighted by Gasteiger charge is 2.17. The second-order valence-corrected chi connectivity index (χ2v) is 8.38. The lowest BCUT2D eigenvalue weighted by Gasteiger charge is -2.10. The predicted molar refractivity (Wildman–Crippen MR) is 137 cm³/mol. The van der Waals surface area contributed by atoms with Crippen LogP contribution in [-0.2, 0) is 4.79 Å². The first-order valence-corrected chi connectivity index (χ1v) is 11.8. The van der Waals surface area contributed by atoms with Gasteiger partial charge >= 0.3 is 0 Å². The van der Waals surface area contributed by atoms with Gasteiger partial charge in [-0.25, -0.2) is 5.43 Å². The van der Waals surface area contributed by atoms with Gasteiger partial charge in [0.15, 0.2) is 22.5 Å². The van der Waals surface area contributed by atoms with Crippen LogP contribution in [0.5, 0.6) is 11.5 Å². The molecule has 8 nitrogen and oxygen atoms in total. The number of carbonyl (C=O) groups is 1. The zero-order valence-electron chi connectivity index (χ0n) is 19.6. The van der Waals surface area contributed by atoms with Crippen molar-refractivity contribution in [1.82, 2.24) is 20.2 Å². The summed E-state index contributed by atoms with van der Waals surface area (Å²) in [7, 11) is 3.16. The quantitative estimate of drug-likeness (QED) is 0.211. The second-order valence-electron chi connectivity index (χ2n) is 7.43. The van der Waals surface area contributed by atoms with Crippen LogP contribution in [0.25, 0.3) is 17.1 Å². The lowest BCUT2D eigenvalue weighted by Crippen LogP contribution is -2.21. The maximum atomic E-state index is 12.6. The number of rotatable bonds is 9. The minimum Gasteiger partial charge on any atom is -0.493 e. The summed E-state index contributed by atoms with van der Waals surface area (Å²) >= 11 is 1.30. The lowest BCUT2D eigenvalue weighted by atomic mass is 10.1. The number of hydrogen-bond acceptors (Lipinski definition) is 7. The van der Waals surface area contributed by atoms with Crippen LogP contribution in [0.2, 0.25) is 0 Å². The molecule has 0 fully saturated rings. The van der Waals surface area contributed by atoms with Gasteiger partial charge in [0.25, 0.3) is 5.91 Å². The molecule has 0 bridgehead atoms. The van der Waals surface area contributed by atoms with Crippen LogP contribution in [0.1, 0.15) is 12.5 Å². The molecular weight excluding hydrogens is 462 g/mol. The van der Waals surface area contributed by atoms with Gasteiger partial charge in [0.2, 0.25) is 0 Å². The third kappa shape index (κ3) is 5.70. The topological polar surface area (TPSA) is 90.6 Å². The van der Waals surface area contributed by atoms with Crippen molar-refractivity contribution in [3.63, 3.8) is 0 Å². The van der Waals surface area contributed by atoms with E-state index in [2.05, 4.69) is 20.7 Å². The first-order chi connectivity index (χ1) is 17.1. The van der Waals surface area contributed by atoms with Gasteiger partial charge in [-0.1, -0.05) is 60.3 Å². The lowest BCUT2D eigenvalue weighted by molar-refractivity contribution is -0.118. The van der Waals surface area contributed by atoms with Gasteiger partial charge in [0.05, 0.1) is 25.7 Å². The number of hydrazone groups is 1. The number of amides is 1. The van der Waals surface area contributed by atoms with Crippen molar-refractivity contribution in [2.75, 3.05) is 20.0 Å². The Morgan fingerprint density at radius 1 is 0.943 bits per heavy atom. The van der Waals surface area contributed by atoms with E-state index in [-0.39, 0.29) is 11.7 Å². The Morgan fingerprint density at radius 2 is 1.63 bits per heavy atom. The fraction of sp³-hybridized carbons (Fsp3) is 0.154. The van der Waals surface area contributed by atoms with E-state index < -0.39 is 0 Å². The van der Waals surface area contributed by atoms with E-state index in [9.17, 15) is 4.79 Å². The molecule has 0 aliphatic carbocycles. The standard InChI is InChI=1S/C26H25N5O3S/c1-18(20-14-15-22(33-2)23(16-20)34-3)27-28-24(32)17-35-26-30-29-25(19-10-6-4-7-11-19)31(26)21-12-8-5-9-13-21/h4-16H,17H2,1-3H3,(H,28,32)/b27-18-. The first-order valence-electron chi connectivity index (χ1n) is 10.8. The van der Waals surface area contributed by atoms with Crippen LogP contribution in [0, 0.1) is 0 Å². The zero-order valence-corrected chi connectivity index (χ0v) is 20.5. The van der Waals surface area contributed by atoms with Crippen LogP contribution in [0.3, 0.4) is 0 Å². The number of aromatic nitrogens is 3. The van der Waals surface area contributed by atoms with E-state index in [1.807, 2.05) is 84.3 Å². The Labute approximate surface area is 208 Å². The number of nitrogens with zero attached hydrogens (tertiary/aromatic N) is 4. The van der Waals surface area contributed by atoms with E-state index in [1.165, 1.54) is 11.8 Å². The summed E-state index contributed by atoms with van der Waals surface area (Å²) in [6.07, 6.45) is 0. The van der Waals surface area contributed by atoms with Gasteiger partial charge in [-0.3, -0.25) is 9.36 Å². The smallest absolute Gasteiger partial charge is 0.250 e. The molecule has 1 heterocycles. The van der Waals surface area contributed by atoms with Gasteiger partial charge in [0.1, 0.15) is 0 Å². The average molecular weight is 488 g/mol. The molecule has 0 aliphatic heterocycles. The third-order valence-electron chi connectivity index (χ3n) is 5.16. The molecule has 1 aromatic heterocycles. The number of ether oxygens (including phenoxy) is 2. The maximum Gasteiger partial charge on any atom is 0.250 e. The molecule has 3 aromatic carbocycles. The second kappa shape index (κ2) is 11.3. The van der Waals surface area contributed by atoms with Gasteiger partial charge in [-0.2, -0.15) is 5.10 Å². The molecule has 0 unspecified atom stereocenters. The van der Waals surface area contributed by atoms with Gasteiger partial charge in [-0.15, -0.1) is 10.2 Å². The number of hydrogen-bond donors (Lipinski definition) is 1. The van der Waals surface area contributed by atoms with Crippen LogP contribution in [-0.4, -0.2) is 46.4 Å². The van der Waals surface area contributed by atoms with Crippen LogP contribution >= 0.6 is 11.8 Å². The highest BCUT2D eigenvalue weighted by Crippen LogP contribution is 2.29. The molecule has 1 N–H and O–H groups in total. The molecule has 1 amide bonds. The largest absolute Gasteiger partial charge is 0.493 e. The van der Waals surface area contributed by atoms with E-state index in [1.54, 1.807) is 20.3 Å². The van der Waals surface area contributed by atoms with Crippen molar-refractivity contribution in [2.24, 2.45) is 5.10 Å². The van der Waals surface area contributed by atoms with Crippen LogP contribution in [0.4, 0.5) is 0 Å². The van der Waals surface area contributed by atoms with Crippen molar-refractivity contribution in [3.05, 3.63) is 84.4 Å². The van der Waals surface area contributed by atoms with E-state index >= 15 is 0 Å². The van der Waals surface area contributed by atoms with E-state index in [0.717, 1.165) is 16.8 Å². The molecule has 9 heteroatoms. The van der Waals surface area contributed by atoms with Crippen molar-refractivity contribution >= 4 is 23.4 Å². The summed E-state index contributed by atoms with van der Waals surface area (Å²) in [5, 5.41) is 13.6. The maximum absolute atomic E-state index is 12.6. The number of benzene rings is 3. The summed E-state index contributed by atoms with van der Waals surface area (Å²) in [6.45, 7) is 1.81. The number of nitrogens with one attached hydrogen (secondary N) is 1. The van der Waals surface area contributed by atoms with Gasteiger partial charge < -0.3 is 9.47 Å². The highest BCUT2D eigenvalue weighted by atomic mass is 32.2. The highest BCUT2D eigenvalue weighted by molar-refractivity contribution is 7.99. The molecule has 0 radical (unpaired) electrons. The van der Waals surface area contributed by atoms with Crippen molar-refractivity contribution in [2.45, 2.75) is 12.1 Å². The molecule has 178 valence electrons. The molecule has 0 saturated carbocycles. The predicted octanol–water partition coefficient (Wildman–Crippen LogP) is 4.58. The van der Waals surface area contributed by atoms with Crippen LogP contribution < -0.4 is 14.9 Å². The molecule has 0 atom stereocenters. The van der Waals surface area contributed by atoms with Crippen molar-refractivity contribution in [3.8, 4) is 28.6 Å². The van der Waals surface area contributed by atoms with Crippen LogP contribution in [0.15, 0.2) is 89.1 Å². The monoisotopic (exact) mass is 487 g/mol. The summed E-state index contributed by atoms with van der Waals surface area (Å²) in [6, 6.07) is 25.1. The minimum atomic E-state index is -0.251. The van der Waals surface area contributed by atoms with E-state index in [4.69, 9.17) is 9.47 Å². The molecule has 35 heavy (non-hydrogen) atoms. The van der Waals surface area contributed by atoms with Gasteiger partial charge in [0, 0.05) is 16.8 Å². The molecular formula is C26H25N5O3S.